The number of nitrogens with zero attached hydrogens (tertiary/aromatic N) is 3. The summed E-state index contributed by atoms with van der Waals surface area (Å²) >= 11 is 0. The summed E-state index contributed by atoms with van der Waals surface area (Å²) in [6.45, 7) is 4.64. The van der Waals surface area contributed by atoms with Gasteiger partial charge in [-0.2, -0.15) is 0 Å². The summed E-state index contributed by atoms with van der Waals surface area (Å²) in [6, 6.07) is 57.7. The van der Waals surface area contributed by atoms with Gasteiger partial charge in [-0.05, 0) is 49.9 Å². The second-order valence-electron chi connectivity index (χ2n) is 13.2. The number of hydrogen-bond donors (Lipinski definition) is 0. The van der Waals surface area contributed by atoms with Crippen LogP contribution in [0.4, 0.5) is 0 Å². The lowest BCUT2D eigenvalue weighted by atomic mass is 9.82. The van der Waals surface area contributed by atoms with E-state index in [-0.39, 0.29) is 5.41 Å². The average molecular weight is 628 g/mol. The Morgan fingerprint density at radius 1 is 0.347 bits per heavy atom. The standard InChI is InChI=1S/C46H33N3/c1-46(2)39-23-12-11-21-37(39)42-40(46)29-28-32-18-13-22-38(41(32)42)45-48-43(33-16-7-4-8-17-33)47-44(49-45)34-26-24-31(25-27-34)36-20-10-9-19-35(36)30-14-5-3-6-15-30/h3-29H,1-2H3. The molecular formula is C46H33N3. The van der Waals surface area contributed by atoms with Crippen molar-refractivity contribution in [2.45, 2.75) is 19.3 Å². The first kappa shape index (κ1) is 29.0. The predicted octanol–water partition coefficient (Wildman–Crippen LogP) is 11.7. The molecule has 0 spiro atoms. The van der Waals surface area contributed by atoms with Gasteiger partial charge in [0, 0.05) is 27.5 Å². The van der Waals surface area contributed by atoms with Crippen LogP contribution in [0.15, 0.2) is 164 Å². The Balaban J connectivity index is 1.22. The van der Waals surface area contributed by atoms with Gasteiger partial charge in [-0.15, -0.1) is 0 Å². The van der Waals surface area contributed by atoms with Gasteiger partial charge in [-0.1, -0.05) is 178 Å². The Bertz CT molecular complexity index is 2500. The zero-order valence-electron chi connectivity index (χ0n) is 27.4. The van der Waals surface area contributed by atoms with E-state index >= 15 is 0 Å². The van der Waals surface area contributed by atoms with Gasteiger partial charge in [-0.3, -0.25) is 0 Å². The van der Waals surface area contributed by atoms with Gasteiger partial charge in [0.05, 0.1) is 0 Å². The lowest BCUT2D eigenvalue weighted by Crippen LogP contribution is -2.14. The fourth-order valence-electron chi connectivity index (χ4n) is 7.50. The largest absolute Gasteiger partial charge is 0.208 e. The zero-order chi connectivity index (χ0) is 33.0. The Kier molecular flexibility index (Phi) is 6.80. The van der Waals surface area contributed by atoms with E-state index < -0.39 is 0 Å². The van der Waals surface area contributed by atoms with Gasteiger partial charge in [0.15, 0.2) is 17.5 Å². The van der Waals surface area contributed by atoms with Crippen molar-refractivity contribution in [3.05, 3.63) is 175 Å². The molecule has 0 fully saturated rings. The fourth-order valence-corrected chi connectivity index (χ4v) is 7.50. The van der Waals surface area contributed by atoms with Crippen LogP contribution in [0.3, 0.4) is 0 Å². The molecular weight excluding hydrogens is 595 g/mol. The molecule has 49 heavy (non-hydrogen) atoms. The molecule has 9 rings (SSSR count). The van der Waals surface area contributed by atoms with E-state index in [1.807, 2.05) is 18.2 Å². The third-order valence-electron chi connectivity index (χ3n) is 9.96. The molecule has 232 valence electrons. The van der Waals surface area contributed by atoms with Crippen LogP contribution in [0.2, 0.25) is 0 Å². The maximum absolute atomic E-state index is 5.21. The number of aromatic nitrogens is 3. The lowest BCUT2D eigenvalue weighted by molar-refractivity contribution is 0.661. The van der Waals surface area contributed by atoms with Gasteiger partial charge in [0.25, 0.3) is 0 Å². The van der Waals surface area contributed by atoms with Crippen molar-refractivity contribution < 1.29 is 0 Å². The monoisotopic (exact) mass is 627 g/mol. The molecule has 0 unspecified atom stereocenters. The SMILES string of the molecule is CC1(C)c2ccccc2-c2c1ccc1cccc(-c3nc(-c4ccccc4)nc(-c4ccc(-c5ccccc5-c5ccccc5)cc4)n3)c21. The van der Waals surface area contributed by atoms with E-state index in [2.05, 4.69) is 159 Å². The zero-order valence-corrected chi connectivity index (χ0v) is 27.4. The second-order valence-corrected chi connectivity index (χ2v) is 13.2. The van der Waals surface area contributed by atoms with Crippen LogP contribution in [-0.2, 0) is 5.41 Å². The Hall–Kier alpha value is -6.19. The first-order chi connectivity index (χ1) is 24.1. The molecule has 0 saturated heterocycles. The first-order valence-electron chi connectivity index (χ1n) is 16.8. The van der Waals surface area contributed by atoms with Gasteiger partial charge < -0.3 is 0 Å². The Morgan fingerprint density at radius 3 is 1.51 bits per heavy atom. The molecule has 1 aliphatic rings. The molecule has 0 atom stereocenters. The Morgan fingerprint density at radius 2 is 0.837 bits per heavy atom. The molecule has 0 saturated carbocycles. The summed E-state index contributed by atoms with van der Waals surface area (Å²) in [5, 5.41) is 2.36. The molecule has 1 heterocycles. The highest BCUT2D eigenvalue weighted by molar-refractivity contribution is 6.09. The normalized spacial score (nSPS) is 12.9. The lowest BCUT2D eigenvalue weighted by Gasteiger charge is -2.21. The predicted molar refractivity (Wildman–Crippen MR) is 202 cm³/mol. The van der Waals surface area contributed by atoms with Crippen molar-refractivity contribution in [3.63, 3.8) is 0 Å². The fraction of sp³-hybridized carbons (Fsp3) is 0.0652. The van der Waals surface area contributed by atoms with Crippen LogP contribution in [0.25, 0.3) is 78.3 Å². The highest BCUT2D eigenvalue weighted by Crippen LogP contribution is 2.52. The first-order valence-corrected chi connectivity index (χ1v) is 16.8. The molecule has 0 bridgehead atoms. The second kappa shape index (κ2) is 11.5. The molecule has 3 nitrogen and oxygen atoms in total. The quantitative estimate of drug-likeness (QED) is 0.191. The van der Waals surface area contributed by atoms with E-state index in [4.69, 9.17) is 15.0 Å². The van der Waals surface area contributed by atoms with E-state index in [0.717, 1.165) is 22.3 Å². The van der Waals surface area contributed by atoms with Crippen LogP contribution in [0.1, 0.15) is 25.0 Å². The molecule has 1 aromatic heterocycles. The number of rotatable bonds is 5. The number of benzene rings is 7. The molecule has 7 aromatic carbocycles. The van der Waals surface area contributed by atoms with E-state index in [1.165, 1.54) is 49.7 Å². The maximum Gasteiger partial charge on any atom is 0.164 e. The summed E-state index contributed by atoms with van der Waals surface area (Å²) < 4.78 is 0. The number of hydrogen-bond acceptors (Lipinski definition) is 3. The minimum Gasteiger partial charge on any atom is -0.208 e. The molecule has 0 amide bonds. The van der Waals surface area contributed by atoms with Crippen molar-refractivity contribution in [3.8, 4) is 67.5 Å². The van der Waals surface area contributed by atoms with Crippen molar-refractivity contribution >= 4 is 10.8 Å². The molecule has 0 aliphatic heterocycles. The van der Waals surface area contributed by atoms with Crippen molar-refractivity contribution in [2.75, 3.05) is 0 Å². The summed E-state index contributed by atoms with van der Waals surface area (Å²) in [4.78, 5) is 15.4. The Labute approximate surface area is 286 Å². The molecule has 1 aliphatic carbocycles. The van der Waals surface area contributed by atoms with E-state index in [0.29, 0.717) is 17.5 Å². The highest BCUT2D eigenvalue weighted by atomic mass is 15.0. The summed E-state index contributed by atoms with van der Waals surface area (Å²) in [7, 11) is 0. The molecule has 0 radical (unpaired) electrons. The molecule has 3 heteroatoms. The third kappa shape index (κ3) is 4.86. The summed E-state index contributed by atoms with van der Waals surface area (Å²) in [6.07, 6.45) is 0. The number of fused-ring (bicyclic) bond motifs is 5. The van der Waals surface area contributed by atoms with Gasteiger partial charge in [0.1, 0.15) is 0 Å². The van der Waals surface area contributed by atoms with Crippen molar-refractivity contribution in [2.24, 2.45) is 0 Å². The average Bonchev–Trinajstić information content (AvgIpc) is 3.41. The van der Waals surface area contributed by atoms with Gasteiger partial charge >= 0.3 is 0 Å². The van der Waals surface area contributed by atoms with Crippen LogP contribution in [0.5, 0.6) is 0 Å². The minimum absolute atomic E-state index is 0.104. The maximum atomic E-state index is 5.21. The van der Waals surface area contributed by atoms with Crippen molar-refractivity contribution in [1.82, 2.24) is 15.0 Å². The highest BCUT2D eigenvalue weighted by Gasteiger charge is 2.36. The van der Waals surface area contributed by atoms with E-state index in [1.54, 1.807) is 0 Å². The van der Waals surface area contributed by atoms with E-state index in [9.17, 15) is 0 Å². The van der Waals surface area contributed by atoms with Crippen molar-refractivity contribution in [1.29, 1.82) is 0 Å². The van der Waals surface area contributed by atoms with Gasteiger partial charge in [0.2, 0.25) is 0 Å². The summed E-state index contributed by atoms with van der Waals surface area (Å²) in [5.74, 6) is 1.98. The topological polar surface area (TPSA) is 38.7 Å². The minimum atomic E-state index is -0.104. The van der Waals surface area contributed by atoms with Gasteiger partial charge in [-0.25, -0.2) is 15.0 Å². The molecule has 0 N–H and O–H groups in total. The van der Waals surface area contributed by atoms with Crippen LogP contribution >= 0.6 is 0 Å². The van der Waals surface area contributed by atoms with Crippen LogP contribution in [-0.4, -0.2) is 15.0 Å². The summed E-state index contributed by atoms with van der Waals surface area (Å²) in [5.41, 5.74) is 12.8. The third-order valence-corrected chi connectivity index (χ3v) is 9.96. The van der Waals surface area contributed by atoms with Crippen LogP contribution < -0.4 is 0 Å². The smallest absolute Gasteiger partial charge is 0.164 e. The molecule has 8 aromatic rings. The van der Waals surface area contributed by atoms with Crippen LogP contribution in [0, 0.1) is 0 Å².